The number of nitrogens with zero attached hydrogens (tertiary/aromatic N) is 4. The van der Waals surface area contributed by atoms with Crippen molar-refractivity contribution in [2.45, 2.75) is 6.92 Å². The molecule has 0 aliphatic carbocycles. The van der Waals surface area contributed by atoms with Crippen molar-refractivity contribution in [2.24, 2.45) is 10.2 Å². The number of hydrogen-bond donors (Lipinski definition) is 2. The largest absolute Gasteiger partial charge is 0.491 e. The Labute approximate surface area is 155 Å². The molecular formula is C18H17N5O2S. The molecule has 0 saturated carbocycles. The number of aromatic nitrogens is 2. The second kappa shape index (κ2) is 7.75. The zero-order valence-corrected chi connectivity index (χ0v) is 14.8. The van der Waals surface area contributed by atoms with Crippen molar-refractivity contribution in [1.29, 1.82) is 0 Å². The molecule has 26 heavy (non-hydrogen) atoms. The molecule has 0 aliphatic rings. The fraction of sp³-hybridized carbons (Fsp3) is 0.111. The van der Waals surface area contributed by atoms with E-state index in [0.717, 1.165) is 0 Å². The minimum Gasteiger partial charge on any atom is -0.491 e. The average Bonchev–Trinajstić information content (AvgIpc) is 2.91. The molecule has 0 amide bonds. The first-order valence-electron chi connectivity index (χ1n) is 8.00. The third kappa shape index (κ3) is 3.40. The Balaban J connectivity index is 2.22. The van der Waals surface area contributed by atoms with Gasteiger partial charge < -0.3 is 10.4 Å². The maximum Gasteiger partial charge on any atom is 0.342 e. The first-order valence-corrected chi connectivity index (χ1v) is 8.41. The van der Waals surface area contributed by atoms with E-state index in [4.69, 9.17) is 12.2 Å². The van der Waals surface area contributed by atoms with Gasteiger partial charge in [0.2, 0.25) is 16.8 Å². The maximum absolute atomic E-state index is 13.0. The summed E-state index contributed by atoms with van der Waals surface area (Å²) in [7, 11) is 0. The van der Waals surface area contributed by atoms with Gasteiger partial charge in [-0.25, -0.2) is 13.9 Å². The molecule has 0 unspecified atom stereocenters. The summed E-state index contributed by atoms with van der Waals surface area (Å²) < 4.78 is 2.47. The molecular weight excluding hydrogens is 350 g/mol. The molecule has 0 radical (unpaired) electrons. The molecule has 2 N–H and O–H groups in total. The molecule has 0 saturated heterocycles. The van der Waals surface area contributed by atoms with Gasteiger partial charge in [0.05, 0.1) is 11.4 Å². The van der Waals surface area contributed by atoms with Crippen LogP contribution in [0.3, 0.4) is 0 Å². The fourth-order valence-corrected chi connectivity index (χ4v) is 2.65. The zero-order valence-electron chi connectivity index (χ0n) is 14.0. The van der Waals surface area contributed by atoms with Gasteiger partial charge in [0.15, 0.2) is 0 Å². The number of hydrogen-bond acceptors (Lipinski definition) is 4. The van der Waals surface area contributed by atoms with Crippen LogP contribution in [0.25, 0.3) is 11.4 Å². The SMILES string of the molecule is CCNC(=S)/N=N/c1c(O)n(-c2ccccc2)c(=O)n1-c1ccccc1. The zero-order chi connectivity index (χ0) is 18.5. The summed E-state index contributed by atoms with van der Waals surface area (Å²) in [5.41, 5.74) is 0.629. The molecule has 8 heteroatoms. The number of nitrogens with one attached hydrogen (secondary N) is 1. The van der Waals surface area contributed by atoms with E-state index in [1.807, 2.05) is 19.1 Å². The van der Waals surface area contributed by atoms with Crippen LogP contribution < -0.4 is 11.0 Å². The van der Waals surface area contributed by atoms with Crippen LogP contribution in [-0.4, -0.2) is 25.9 Å². The Hall–Kier alpha value is -3.26. The number of imidazole rings is 1. The van der Waals surface area contributed by atoms with Gasteiger partial charge in [0.25, 0.3) is 0 Å². The van der Waals surface area contributed by atoms with Gasteiger partial charge in [-0.1, -0.05) is 36.4 Å². The fourth-order valence-electron chi connectivity index (χ4n) is 2.47. The summed E-state index contributed by atoms with van der Waals surface area (Å²) in [5, 5.41) is 21.6. The van der Waals surface area contributed by atoms with E-state index in [1.54, 1.807) is 48.5 Å². The molecule has 0 fully saturated rings. The summed E-state index contributed by atoms with van der Waals surface area (Å²) in [6.07, 6.45) is 0. The number of aromatic hydroxyl groups is 1. The van der Waals surface area contributed by atoms with Crippen molar-refractivity contribution >= 4 is 23.1 Å². The standard InChI is InChI=1S/C18H17N5O2S/c1-2-19-17(26)21-20-15-16(24)23(14-11-7-4-8-12-14)18(25)22(15)13-9-5-3-6-10-13/h3-12,24H,2H2,1H3,(H,19,26)/b21-20+. The van der Waals surface area contributed by atoms with Crippen molar-refractivity contribution in [2.75, 3.05) is 6.54 Å². The van der Waals surface area contributed by atoms with Gasteiger partial charge in [0, 0.05) is 6.54 Å². The highest BCUT2D eigenvalue weighted by atomic mass is 32.1. The monoisotopic (exact) mass is 367 g/mol. The third-order valence-electron chi connectivity index (χ3n) is 3.60. The molecule has 0 bridgehead atoms. The van der Waals surface area contributed by atoms with Gasteiger partial charge in [-0.2, -0.15) is 0 Å². The lowest BCUT2D eigenvalue weighted by atomic mass is 10.3. The molecule has 3 aromatic rings. The molecule has 0 spiro atoms. The molecule has 1 aromatic heterocycles. The topological polar surface area (TPSA) is 83.9 Å². The van der Waals surface area contributed by atoms with E-state index < -0.39 is 5.69 Å². The Morgan fingerprint density at radius 3 is 2.12 bits per heavy atom. The van der Waals surface area contributed by atoms with Crippen LogP contribution in [0.5, 0.6) is 5.88 Å². The lowest BCUT2D eigenvalue weighted by molar-refractivity contribution is 0.442. The smallest absolute Gasteiger partial charge is 0.342 e. The van der Waals surface area contributed by atoms with Crippen molar-refractivity contribution in [3.63, 3.8) is 0 Å². The quantitative estimate of drug-likeness (QED) is 0.547. The van der Waals surface area contributed by atoms with Gasteiger partial charge in [-0.15, -0.1) is 10.2 Å². The second-order valence-electron chi connectivity index (χ2n) is 5.31. The number of rotatable bonds is 4. The molecule has 1 heterocycles. The molecule has 2 aromatic carbocycles. The van der Waals surface area contributed by atoms with Crippen molar-refractivity contribution < 1.29 is 5.11 Å². The minimum absolute atomic E-state index is 0.00491. The first-order chi connectivity index (χ1) is 12.6. The average molecular weight is 367 g/mol. The third-order valence-corrected chi connectivity index (χ3v) is 3.82. The van der Waals surface area contributed by atoms with Crippen LogP contribution in [0.1, 0.15) is 6.92 Å². The summed E-state index contributed by atoms with van der Waals surface area (Å²) in [5.74, 6) is -0.307. The van der Waals surface area contributed by atoms with E-state index in [2.05, 4.69) is 15.5 Å². The minimum atomic E-state index is -0.455. The maximum atomic E-state index is 13.0. The highest BCUT2D eigenvalue weighted by Crippen LogP contribution is 2.30. The summed E-state index contributed by atoms with van der Waals surface area (Å²) in [6, 6.07) is 17.8. The van der Waals surface area contributed by atoms with Crippen LogP contribution in [0, 0.1) is 0 Å². The highest BCUT2D eigenvalue weighted by molar-refractivity contribution is 7.80. The summed E-state index contributed by atoms with van der Waals surface area (Å²) >= 11 is 5.04. The summed E-state index contributed by atoms with van der Waals surface area (Å²) in [6.45, 7) is 2.48. The van der Waals surface area contributed by atoms with Crippen molar-refractivity contribution in [3.8, 4) is 17.3 Å². The molecule has 0 atom stereocenters. The number of benzene rings is 2. The molecule has 0 aliphatic heterocycles. The van der Waals surface area contributed by atoms with Crippen LogP contribution >= 0.6 is 12.2 Å². The second-order valence-corrected chi connectivity index (χ2v) is 5.69. The van der Waals surface area contributed by atoms with E-state index in [1.165, 1.54) is 9.13 Å². The number of para-hydroxylation sites is 2. The Bertz CT molecular complexity index is 994. The van der Waals surface area contributed by atoms with Gasteiger partial charge in [0.1, 0.15) is 0 Å². The van der Waals surface area contributed by atoms with Crippen LogP contribution in [-0.2, 0) is 0 Å². The Kier molecular flexibility index (Phi) is 5.23. The Morgan fingerprint density at radius 1 is 1.04 bits per heavy atom. The predicted octanol–water partition coefficient (Wildman–Crippen LogP) is 3.31. The first kappa shape index (κ1) is 17.6. The molecule has 7 nitrogen and oxygen atoms in total. The number of thiocarbonyl (C=S) groups is 1. The van der Waals surface area contributed by atoms with Gasteiger partial charge >= 0.3 is 5.69 Å². The highest BCUT2D eigenvalue weighted by Gasteiger charge is 2.22. The summed E-state index contributed by atoms with van der Waals surface area (Å²) in [4.78, 5) is 13.0. The van der Waals surface area contributed by atoms with Crippen molar-refractivity contribution in [1.82, 2.24) is 14.5 Å². The van der Waals surface area contributed by atoms with E-state index in [0.29, 0.717) is 17.9 Å². The Morgan fingerprint density at radius 2 is 1.58 bits per heavy atom. The molecule has 132 valence electrons. The van der Waals surface area contributed by atoms with Crippen LogP contribution in [0.15, 0.2) is 75.7 Å². The van der Waals surface area contributed by atoms with Crippen LogP contribution in [0.4, 0.5) is 5.82 Å². The van der Waals surface area contributed by atoms with Crippen molar-refractivity contribution in [3.05, 3.63) is 71.1 Å². The number of azo groups is 1. The van der Waals surface area contributed by atoms with E-state index in [-0.39, 0.29) is 16.8 Å². The lowest BCUT2D eigenvalue weighted by Crippen LogP contribution is -2.22. The normalized spacial score (nSPS) is 11.0. The van der Waals surface area contributed by atoms with Crippen LogP contribution in [0.2, 0.25) is 0 Å². The molecule has 3 rings (SSSR count). The van der Waals surface area contributed by atoms with Gasteiger partial charge in [-0.3, -0.25) is 0 Å². The van der Waals surface area contributed by atoms with E-state index in [9.17, 15) is 9.90 Å². The van der Waals surface area contributed by atoms with Gasteiger partial charge in [-0.05, 0) is 43.4 Å². The lowest BCUT2D eigenvalue weighted by Gasteiger charge is -2.02. The van der Waals surface area contributed by atoms with E-state index >= 15 is 0 Å². The predicted molar refractivity (Wildman–Crippen MR) is 104 cm³/mol.